The molecule has 0 saturated carbocycles. The first-order chi connectivity index (χ1) is 11.0. The minimum absolute atomic E-state index is 0.0265. The fourth-order valence-corrected chi connectivity index (χ4v) is 4.00. The van der Waals surface area contributed by atoms with E-state index in [9.17, 15) is 9.59 Å². The monoisotopic (exact) mass is 347 g/mol. The Morgan fingerprint density at radius 3 is 2.29 bits per heavy atom. The van der Waals surface area contributed by atoms with Crippen LogP contribution in [0.5, 0.6) is 0 Å². The number of Topliss-reactive ketones (excluding diaryl/α,β-unsaturated/α-hetero) is 1. The molecule has 132 valence electrons. The van der Waals surface area contributed by atoms with Gasteiger partial charge in [0.15, 0.2) is 14.1 Å². The zero-order valence-corrected chi connectivity index (χ0v) is 16.6. The van der Waals surface area contributed by atoms with E-state index in [1.165, 1.54) is 0 Å². The van der Waals surface area contributed by atoms with E-state index in [-0.39, 0.29) is 29.2 Å². The zero-order chi connectivity index (χ0) is 18.1. The Bertz CT molecular complexity index is 607. The van der Waals surface area contributed by atoms with E-state index in [1.54, 1.807) is 4.90 Å². The van der Waals surface area contributed by atoms with Crippen molar-refractivity contribution in [1.82, 2.24) is 4.90 Å². The van der Waals surface area contributed by atoms with Crippen molar-refractivity contribution in [2.75, 3.05) is 0 Å². The van der Waals surface area contributed by atoms with E-state index in [0.29, 0.717) is 6.54 Å². The lowest BCUT2D eigenvalue weighted by Gasteiger charge is -2.44. The second-order valence-corrected chi connectivity index (χ2v) is 12.9. The van der Waals surface area contributed by atoms with Crippen LogP contribution in [-0.4, -0.2) is 37.1 Å². The molecule has 1 aliphatic heterocycles. The van der Waals surface area contributed by atoms with Gasteiger partial charge in [-0.1, -0.05) is 51.1 Å². The fraction of sp³-hybridized carbons (Fsp3) is 0.579. The van der Waals surface area contributed by atoms with E-state index in [1.807, 2.05) is 37.3 Å². The summed E-state index contributed by atoms with van der Waals surface area (Å²) in [7, 11) is -2.08. The van der Waals surface area contributed by atoms with E-state index < -0.39 is 14.4 Å². The Labute approximate surface area is 146 Å². The van der Waals surface area contributed by atoms with Gasteiger partial charge in [-0.2, -0.15) is 0 Å². The van der Waals surface area contributed by atoms with E-state index in [0.717, 1.165) is 5.56 Å². The molecule has 0 N–H and O–H groups in total. The molecule has 1 saturated heterocycles. The highest BCUT2D eigenvalue weighted by atomic mass is 28.4. The largest absolute Gasteiger partial charge is 0.405 e. The predicted molar refractivity (Wildman–Crippen MR) is 98.1 cm³/mol. The van der Waals surface area contributed by atoms with E-state index in [2.05, 4.69) is 33.9 Å². The topological polar surface area (TPSA) is 46.6 Å². The summed E-state index contributed by atoms with van der Waals surface area (Å²) < 4.78 is 6.38. The molecule has 1 amide bonds. The van der Waals surface area contributed by atoms with Gasteiger partial charge >= 0.3 is 0 Å². The summed E-state index contributed by atoms with van der Waals surface area (Å²) in [6.07, 6.45) is -0.580. The lowest BCUT2D eigenvalue weighted by molar-refractivity contribution is -0.150. The van der Waals surface area contributed by atoms with E-state index in [4.69, 9.17) is 4.43 Å². The van der Waals surface area contributed by atoms with Gasteiger partial charge in [0, 0.05) is 6.54 Å². The molecule has 1 heterocycles. The number of hydrogen-bond donors (Lipinski definition) is 0. The van der Waals surface area contributed by atoms with Crippen molar-refractivity contribution in [2.24, 2.45) is 0 Å². The smallest absolute Gasteiger partial charge is 0.230 e. The molecule has 0 spiro atoms. The van der Waals surface area contributed by atoms with Gasteiger partial charge in [0.05, 0.1) is 12.5 Å². The van der Waals surface area contributed by atoms with Crippen molar-refractivity contribution >= 4 is 20.0 Å². The van der Waals surface area contributed by atoms with Gasteiger partial charge in [0.2, 0.25) is 5.91 Å². The molecule has 0 radical (unpaired) electrons. The van der Waals surface area contributed by atoms with Crippen LogP contribution in [-0.2, 0) is 20.6 Å². The first-order valence-electron chi connectivity index (χ1n) is 8.57. The number of hydrogen-bond acceptors (Lipinski definition) is 3. The predicted octanol–water partition coefficient (Wildman–Crippen LogP) is 3.77. The number of carbonyl (C=O) groups excluding carboxylic acids is 2. The Balaban J connectivity index is 2.20. The SMILES string of the molecule is C[C@H]1[C@H](O[Si](C)(C)C(C)(C)C)C(=O)CC(=O)N1Cc1ccccc1. The molecule has 0 unspecified atom stereocenters. The zero-order valence-electron chi connectivity index (χ0n) is 15.6. The highest BCUT2D eigenvalue weighted by molar-refractivity contribution is 6.74. The van der Waals surface area contributed by atoms with Crippen LogP contribution in [0.15, 0.2) is 30.3 Å². The molecule has 1 aromatic carbocycles. The highest BCUT2D eigenvalue weighted by Gasteiger charge is 2.46. The Hall–Kier alpha value is -1.46. The molecular formula is C19H29NO3Si. The molecule has 24 heavy (non-hydrogen) atoms. The minimum atomic E-state index is -2.08. The van der Waals surface area contributed by atoms with E-state index >= 15 is 0 Å². The molecule has 5 heteroatoms. The fourth-order valence-electron chi connectivity index (χ4n) is 2.68. The standard InChI is InChI=1S/C19H29NO3Si/c1-14-18(23-24(5,6)19(2,3)4)16(21)12-17(22)20(14)13-15-10-8-7-9-11-15/h7-11,14,18H,12-13H2,1-6H3/t14-,18-/m0/s1. The van der Waals surface area contributed by atoms with Crippen LogP contribution in [0.2, 0.25) is 18.1 Å². The number of piperidine rings is 1. The third-order valence-corrected chi connectivity index (χ3v) is 9.77. The Morgan fingerprint density at radius 1 is 1.17 bits per heavy atom. The summed E-state index contributed by atoms with van der Waals surface area (Å²) in [5.74, 6) is -0.187. The molecule has 1 fully saturated rings. The lowest BCUT2D eigenvalue weighted by atomic mass is 9.97. The van der Waals surface area contributed by atoms with Crippen LogP contribution in [0.25, 0.3) is 0 Å². The average molecular weight is 348 g/mol. The lowest BCUT2D eigenvalue weighted by Crippen LogP contribution is -2.58. The van der Waals surface area contributed by atoms with Crippen LogP contribution < -0.4 is 0 Å². The minimum Gasteiger partial charge on any atom is -0.405 e. The van der Waals surface area contributed by atoms with Crippen molar-refractivity contribution < 1.29 is 14.0 Å². The van der Waals surface area contributed by atoms with Crippen molar-refractivity contribution in [3.05, 3.63) is 35.9 Å². The van der Waals surface area contributed by atoms with Gasteiger partial charge in [0.1, 0.15) is 6.10 Å². The third kappa shape index (κ3) is 3.95. The number of benzene rings is 1. The van der Waals surface area contributed by atoms with Crippen molar-refractivity contribution in [3.63, 3.8) is 0 Å². The second-order valence-electron chi connectivity index (χ2n) is 8.19. The Kier molecular flexibility index (Phi) is 5.35. The van der Waals surface area contributed by atoms with Gasteiger partial charge in [-0.05, 0) is 30.6 Å². The molecule has 0 aromatic heterocycles. The second kappa shape index (κ2) is 6.80. The van der Waals surface area contributed by atoms with Crippen molar-refractivity contribution in [2.45, 2.75) is 70.9 Å². The molecule has 2 atom stereocenters. The van der Waals surface area contributed by atoms with Crippen LogP contribution >= 0.6 is 0 Å². The van der Waals surface area contributed by atoms with Crippen LogP contribution in [0, 0.1) is 0 Å². The third-order valence-electron chi connectivity index (χ3n) is 5.32. The summed E-state index contributed by atoms with van der Waals surface area (Å²) in [5.41, 5.74) is 1.07. The molecule has 2 rings (SSSR count). The molecule has 4 nitrogen and oxygen atoms in total. The maximum absolute atomic E-state index is 12.5. The molecule has 0 bridgehead atoms. The number of carbonyl (C=O) groups is 2. The number of likely N-dealkylation sites (tertiary alicyclic amines) is 1. The summed E-state index contributed by atoms with van der Waals surface area (Å²) >= 11 is 0. The molecule has 0 aliphatic carbocycles. The highest BCUT2D eigenvalue weighted by Crippen LogP contribution is 2.38. The number of rotatable bonds is 4. The Morgan fingerprint density at radius 2 is 1.75 bits per heavy atom. The summed E-state index contributed by atoms with van der Waals surface area (Å²) in [4.78, 5) is 26.6. The van der Waals surface area contributed by atoms with Crippen molar-refractivity contribution in [1.29, 1.82) is 0 Å². The van der Waals surface area contributed by atoms with Gasteiger partial charge in [-0.25, -0.2) is 0 Å². The summed E-state index contributed by atoms with van der Waals surface area (Å²) in [5, 5.41) is 0.0265. The molecule has 1 aromatic rings. The molecule has 1 aliphatic rings. The number of amides is 1. The molecular weight excluding hydrogens is 318 g/mol. The van der Waals surface area contributed by atoms with Crippen LogP contribution in [0.4, 0.5) is 0 Å². The van der Waals surface area contributed by atoms with Gasteiger partial charge in [-0.3, -0.25) is 9.59 Å². The summed E-state index contributed by atoms with van der Waals surface area (Å²) in [6.45, 7) is 13.2. The normalized spacial score (nSPS) is 22.8. The van der Waals surface area contributed by atoms with Gasteiger partial charge < -0.3 is 9.33 Å². The van der Waals surface area contributed by atoms with Gasteiger partial charge in [-0.15, -0.1) is 0 Å². The quantitative estimate of drug-likeness (QED) is 0.615. The number of nitrogens with zero attached hydrogens (tertiary/aromatic N) is 1. The average Bonchev–Trinajstić information content (AvgIpc) is 2.48. The van der Waals surface area contributed by atoms with Crippen LogP contribution in [0.1, 0.15) is 39.7 Å². The number of ketones is 1. The van der Waals surface area contributed by atoms with Gasteiger partial charge in [0.25, 0.3) is 0 Å². The van der Waals surface area contributed by atoms with Crippen LogP contribution in [0.3, 0.4) is 0 Å². The summed E-state index contributed by atoms with van der Waals surface area (Å²) in [6, 6.07) is 9.64. The maximum Gasteiger partial charge on any atom is 0.230 e. The maximum atomic E-state index is 12.5. The first-order valence-corrected chi connectivity index (χ1v) is 11.5. The first kappa shape index (κ1) is 18.9. The van der Waals surface area contributed by atoms with Crippen molar-refractivity contribution in [3.8, 4) is 0 Å².